The molecule has 0 aliphatic carbocycles. The van der Waals surface area contributed by atoms with Gasteiger partial charge in [-0.1, -0.05) is 0 Å². The Labute approximate surface area is 108 Å². The van der Waals surface area contributed by atoms with Gasteiger partial charge in [-0.25, -0.2) is 14.5 Å². The van der Waals surface area contributed by atoms with Crippen LogP contribution in [0.5, 0.6) is 5.75 Å². The standard InChI is InChI=1S/C11H11N3O5/c1-12-6-7-13(10(12)15)11(16)19-9-4-2-8(3-5-9)14(17)18/h2-5H,6-7H2,1H3. The summed E-state index contributed by atoms with van der Waals surface area (Å²) in [5, 5.41) is 10.5. The van der Waals surface area contributed by atoms with Gasteiger partial charge in [0.15, 0.2) is 0 Å². The van der Waals surface area contributed by atoms with Crippen molar-refractivity contribution in [3.63, 3.8) is 0 Å². The van der Waals surface area contributed by atoms with Crippen LogP contribution in [0.4, 0.5) is 15.3 Å². The highest BCUT2D eigenvalue weighted by molar-refractivity contribution is 5.93. The van der Waals surface area contributed by atoms with Crippen molar-refractivity contribution >= 4 is 17.8 Å². The molecule has 1 aromatic rings. The second-order valence-corrected chi connectivity index (χ2v) is 3.97. The number of urea groups is 1. The van der Waals surface area contributed by atoms with E-state index in [0.29, 0.717) is 6.54 Å². The maximum absolute atomic E-state index is 11.7. The maximum atomic E-state index is 11.7. The fourth-order valence-electron chi connectivity index (χ4n) is 1.61. The van der Waals surface area contributed by atoms with E-state index in [2.05, 4.69) is 0 Å². The smallest absolute Gasteiger partial charge is 0.410 e. The highest BCUT2D eigenvalue weighted by atomic mass is 16.6. The first-order valence-electron chi connectivity index (χ1n) is 5.48. The van der Waals surface area contributed by atoms with Crippen LogP contribution in [0, 0.1) is 10.1 Å². The number of ether oxygens (including phenoxy) is 1. The number of rotatable bonds is 2. The van der Waals surface area contributed by atoms with E-state index in [9.17, 15) is 19.7 Å². The average molecular weight is 265 g/mol. The number of hydrogen-bond acceptors (Lipinski definition) is 5. The van der Waals surface area contributed by atoms with Crippen LogP contribution in [0.2, 0.25) is 0 Å². The lowest BCUT2D eigenvalue weighted by atomic mass is 10.3. The van der Waals surface area contributed by atoms with Gasteiger partial charge < -0.3 is 9.64 Å². The number of carbonyl (C=O) groups is 2. The van der Waals surface area contributed by atoms with Gasteiger partial charge in [0.25, 0.3) is 5.69 Å². The molecule has 0 unspecified atom stereocenters. The Bertz CT molecular complexity index is 528. The Morgan fingerprint density at radius 3 is 2.42 bits per heavy atom. The summed E-state index contributed by atoms with van der Waals surface area (Å²) in [6.07, 6.45) is -0.789. The van der Waals surface area contributed by atoms with Crippen molar-refractivity contribution < 1.29 is 19.2 Å². The summed E-state index contributed by atoms with van der Waals surface area (Å²) in [6.45, 7) is 0.718. The van der Waals surface area contributed by atoms with E-state index in [1.807, 2.05) is 0 Å². The van der Waals surface area contributed by atoms with E-state index in [-0.39, 0.29) is 18.0 Å². The largest absolute Gasteiger partial charge is 0.423 e. The number of benzene rings is 1. The van der Waals surface area contributed by atoms with Crippen LogP contribution >= 0.6 is 0 Å². The van der Waals surface area contributed by atoms with Gasteiger partial charge in [0.1, 0.15) is 5.75 Å². The predicted molar refractivity (Wildman–Crippen MR) is 63.9 cm³/mol. The molecule has 0 bridgehead atoms. The second-order valence-electron chi connectivity index (χ2n) is 3.97. The molecule has 0 N–H and O–H groups in total. The minimum absolute atomic E-state index is 0.100. The number of carbonyl (C=O) groups excluding carboxylic acids is 2. The summed E-state index contributed by atoms with van der Waals surface area (Å²) in [5.74, 6) is 0.151. The molecule has 0 aromatic heterocycles. The molecule has 8 heteroatoms. The van der Waals surface area contributed by atoms with Crippen LogP contribution in [0.3, 0.4) is 0 Å². The van der Waals surface area contributed by atoms with Crippen LogP contribution in [0.1, 0.15) is 0 Å². The van der Waals surface area contributed by atoms with Gasteiger partial charge in [-0.2, -0.15) is 0 Å². The normalized spacial score (nSPS) is 14.7. The number of likely N-dealkylation sites (N-methyl/N-ethyl adjacent to an activating group) is 1. The summed E-state index contributed by atoms with van der Waals surface area (Å²) in [7, 11) is 1.58. The molecule has 1 aliphatic heterocycles. The lowest BCUT2D eigenvalue weighted by molar-refractivity contribution is -0.384. The second kappa shape index (κ2) is 4.92. The van der Waals surface area contributed by atoms with Crippen molar-refractivity contribution in [2.45, 2.75) is 0 Å². The van der Waals surface area contributed by atoms with Crippen LogP contribution in [0.15, 0.2) is 24.3 Å². The van der Waals surface area contributed by atoms with Crippen molar-refractivity contribution in [3.05, 3.63) is 34.4 Å². The molecule has 1 aromatic carbocycles. The van der Waals surface area contributed by atoms with Gasteiger partial charge in [-0.15, -0.1) is 0 Å². The van der Waals surface area contributed by atoms with E-state index < -0.39 is 17.0 Å². The van der Waals surface area contributed by atoms with Crippen molar-refractivity contribution in [1.82, 2.24) is 9.80 Å². The van der Waals surface area contributed by atoms with E-state index in [0.717, 1.165) is 4.90 Å². The molecule has 0 saturated carbocycles. The Morgan fingerprint density at radius 2 is 1.95 bits per heavy atom. The zero-order valence-corrected chi connectivity index (χ0v) is 10.1. The number of nitrogens with zero attached hydrogens (tertiary/aromatic N) is 3. The number of amides is 3. The first-order valence-corrected chi connectivity index (χ1v) is 5.48. The molecule has 0 atom stereocenters. The summed E-state index contributed by atoms with van der Waals surface area (Å²) in [5.41, 5.74) is -0.100. The SMILES string of the molecule is CN1CCN(C(=O)Oc2ccc([N+](=O)[O-])cc2)C1=O. The van der Waals surface area contributed by atoms with Gasteiger partial charge in [-0.05, 0) is 12.1 Å². The molecule has 8 nitrogen and oxygen atoms in total. The highest BCUT2D eigenvalue weighted by Gasteiger charge is 2.32. The zero-order valence-electron chi connectivity index (χ0n) is 10.1. The van der Waals surface area contributed by atoms with Crippen molar-refractivity contribution in [1.29, 1.82) is 0 Å². The van der Waals surface area contributed by atoms with Crippen LogP contribution in [0.25, 0.3) is 0 Å². The molecular formula is C11H11N3O5. The molecule has 3 amide bonds. The lowest BCUT2D eigenvalue weighted by Gasteiger charge is -2.13. The van der Waals surface area contributed by atoms with Crippen molar-refractivity contribution in [3.8, 4) is 5.75 Å². The van der Waals surface area contributed by atoms with Crippen LogP contribution < -0.4 is 4.74 Å². The first kappa shape index (κ1) is 12.8. The van der Waals surface area contributed by atoms with Crippen LogP contribution in [-0.2, 0) is 0 Å². The third-order valence-corrected chi connectivity index (χ3v) is 2.69. The van der Waals surface area contributed by atoms with Crippen molar-refractivity contribution in [2.24, 2.45) is 0 Å². The minimum atomic E-state index is -0.789. The summed E-state index contributed by atoms with van der Waals surface area (Å²) >= 11 is 0. The molecule has 1 aliphatic rings. The fraction of sp³-hybridized carbons (Fsp3) is 0.273. The van der Waals surface area contributed by atoms with Crippen molar-refractivity contribution in [2.75, 3.05) is 20.1 Å². The highest BCUT2D eigenvalue weighted by Crippen LogP contribution is 2.18. The van der Waals surface area contributed by atoms with E-state index >= 15 is 0 Å². The molecule has 1 saturated heterocycles. The lowest BCUT2D eigenvalue weighted by Crippen LogP contribution is -2.36. The zero-order chi connectivity index (χ0) is 14.0. The molecule has 0 spiro atoms. The average Bonchev–Trinajstić information content (AvgIpc) is 2.70. The molecule has 2 rings (SSSR count). The fourth-order valence-corrected chi connectivity index (χ4v) is 1.61. The Balaban J connectivity index is 2.03. The topological polar surface area (TPSA) is 93.0 Å². The third kappa shape index (κ3) is 2.62. The van der Waals surface area contributed by atoms with E-state index in [1.54, 1.807) is 7.05 Å². The molecule has 100 valence electrons. The quantitative estimate of drug-likeness (QED) is 0.596. The van der Waals surface area contributed by atoms with Gasteiger partial charge in [0.2, 0.25) is 0 Å². The van der Waals surface area contributed by atoms with E-state index in [1.165, 1.54) is 29.2 Å². The minimum Gasteiger partial charge on any atom is -0.410 e. The predicted octanol–water partition coefficient (Wildman–Crippen LogP) is 1.46. The molecule has 19 heavy (non-hydrogen) atoms. The summed E-state index contributed by atoms with van der Waals surface area (Å²) in [6, 6.07) is 4.63. The molecule has 0 radical (unpaired) electrons. The molecule has 1 fully saturated rings. The maximum Gasteiger partial charge on any atom is 0.423 e. The van der Waals surface area contributed by atoms with Crippen LogP contribution in [-0.4, -0.2) is 47.0 Å². The summed E-state index contributed by atoms with van der Waals surface area (Å²) < 4.78 is 4.97. The Morgan fingerprint density at radius 1 is 1.32 bits per heavy atom. The monoisotopic (exact) mass is 265 g/mol. The number of non-ortho nitro benzene ring substituents is 1. The van der Waals surface area contributed by atoms with Gasteiger partial charge >= 0.3 is 12.1 Å². The molecule has 1 heterocycles. The number of nitro groups is 1. The Hall–Kier alpha value is -2.64. The first-order chi connectivity index (χ1) is 8.99. The third-order valence-electron chi connectivity index (χ3n) is 2.69. The number of nitro benzene ring substituents is 1. The van der Waals surface area contributed by atoms with Gasteiger partial charge in [0.05, 0.1) is 11.5 Å². The van der Waals surface area contributed by atoms with Gasteiger partial charge in [-0.3, -0.25) is 10.1 Å². The number of hydrogen-bond donors (Lipinski definition) is 0. The van der Waals surface area contributed by atoms with E-state index in [4.69, 9.17) is 4.74 Å². The number of imide groups is 1. The summed E-state index contributed by atoms with van der Waals surface area (Å²) in [4.78, 5) is 35.5. The van der Waals surface area contributed by atoms with Gasteiger partial charge in [0, 0.05) is 25.7 Å². The Kier molecular flexibility index (Phi) is 3.32. The molecular weight excluding hydrogens is 254 g/mol.